The number of rotatable bonds is 5. The lowest BCUT2D eigenvalue weighted by molar-refractivity contribution is -0.140. The van der Waals surface area contributed by atoms with Gasteiger partial charge in [0, 0.05) is 43.8 Å². The van der Waals surface area contributed by atoms with E-state index < -0.39 is 23.5 Å². The highest BCUT2D eigenvalue weighted by molar-refractivity contribution is 14.0. The molecule has 3 rings (SSSR count). The molecule has 1 saturated heterocycles. The highest BCUT2D eigenvalue weighted by Gasteiger charge is 2.33. The van der Waals surface area contributed by atoms with Gasteiger partial charge in [-0.05, 0) is 24.5 Å². The van der Waals surface area contributed by atoms with Gasteiger partial charge in [0.05, 0.1) is 6.54 Å². The van der Waals surface area contributed by atoms with Gasteiger partial charge in [-0.3, -0.25) is 4.99 Å². The van der Waals surface area contributed by atoms with E-state index in [2.05, 4.69) is 20.6 Å². The predicted molar refractivity (Wildman–Crippen MR) is 117 cm³/mol. The summed E-state index contributed by atoms with van der Waals surface area (Å²) in [4.78, 5) is 9.61. The quantitative estimate of drug-likeness (QED) is 0.248. The summed E-state index contributed by atoms with van der Waals surface area (Å²) in [7, 11) is 1.57. The van der Waals surface area contributed by atoms with Crippen molar-refractivity contribution in [1.29, 1.82) is 0 Å². The SMILES string of the molecule is CN=C(NCc1nc(C(F)(F)F)cs1)NCC1CCN(c2ccc(F)c(F)c2)C1.I. The molecule has 1 aromatic carbocycles. The fourth-order valence-corrected chi connectivity index (χ4v) is 3.80. The predicted octanol–water partition coefficient (Wildman–Crippen LogP) is 4.25. The average molecular weight is 561 g/mol. The standard InChI is InChI=1S/C18H20F5N5S.HI/c1-24-17(26-8-16-27-15(10-29-16)18(21,22)23)25-7-11-4-5-28(9-11)12-2-3-13(19)14(20)6-12;/h2-3,6,10-11H,4-5,7-9H2,1H3,(H2,24,25,26);1H. The van der Waals surface area contributed by atoms with E-state index in [4.69, 9.17) is 0 Å². The van der Waals surface area contributed by atoms with Crippen LogP contribution in [-0.2, 0) is 12.7 Å². The third kappa shape index (κ3) is 6.40. The minimum Gasteiger partial charge on any atom is -0.371 e. The molecule has 166 valence electrons. The van der Waals surface area contributed by atoms with Crippen molar-refractivity contribution in [2.24, 2.45) is 10.9 Å². The average Bonchev–Trinajstić information content (AvgIpc) is 3.33. The summed E-state index contributed by atoms with van der Waals surface area (Å²) in [6, 6.07) is 3.86. The third-order valence-corrected chi connectivity index (χ3v) is 5.43. The first-order valence-electron chi connectivity index (χ1n) is 8.92. The van der Waals surface area contributed by atoms with Crippen molar-refractivity contribution in [2.75, 3.05) is 31.6 Å². The molecule has 1 unspecified atom stereocenters. The van der Waals surface area contributed by atoms with Gasteiger partial charge in [0.1, 0.15) is 5.01 Å². The molecule has 30 heavy (non-hydrogen) atoms. The van der Waals surface area contributed by atoms with Gasteiger partial charge >= 0.3 is 6.18 Å². The zero-order chi connectivity index (χ0) is 21.0. The van der Waals surface area contributed by atoms with Crippen molar-refractivity contribution in [2.45, 2.75) is 19.1 Å². The molecule has 2 aromatic rings. The molecule has 1 fully saturated rings. The Morgan fingerprint density at radius 2 is 2.03 bits per heavy atom. The minimum absolute atomic E-state index is 0. The van der Waals surface area contributed by atoms with E-state index in [1.165, 1.54) is 6.07 Å². The summed E-state index contributed by atoms with van der Waals surface area (Å²) in [6.07, 6.45) is -3.58. The largest absolute Gasteiger partial charge is 0.434 e. The molecule has 0 radical (unpaired) electrons. The van der Waals surface area contributed by atoms with Gasteiger partial charge in [-0.2, -0.15) is 13.2 Å². The van der Waals surface area contributed by atoms with Crippen molar-refractivity contribution in [3.05, 3.63) is 45.9 Å². The van der Waals surface area contributed by atoms with Crippen molar-refractivity contribution in [1.82, 2.24) is 15.6 Å². The molecule has 0 amide bonds. The van der Waals surface area contributed by atoms with Crippen LogP contribution >= 0.6 is 35.3 Å². The zero-order valence-corrected chi connectivity index (χ0v) is 19.1. The third-order valence-electron chi connectivity index (χ3n) is 4.59. The summed E-state index contributed by atoms with van der Waals surface area (Å²) >= 11 is 0.932. The Morgan fingerprint density at radius 3 is 2.67 bits per heavy atom. The van der Waals surface area contributed by atoms with E-state index in [1.54, 1.807) is 13.1 Å². The van der Waals surface area contributed by atoms with Gasteiger partial charge in [0.25, 0.3) is 0 Å². The summed E-state index contributed by atoms with van der Waals surface area (Å²) in [6.45, 7) is 2.12. The monoisotopic (exact) mass is 561 g/mol. The highest BCUT2D eigenvalue weighted by Crippen LogP contribution is 2.30. The molecule has 1 atom stereocenters. The van der Waals surface area contributed by atoms with Crippen LogP contribution in [0.15, 0.2) is 28.6 Å². The van der Waals surface area contributed by atoms with E-state index in [-0.39, 0.29) is 36.4 Å². The van der Waals surface area contributed by atoms with Crippen LogP contribution < -0.4 is 15.5 Å². The second-order valence-corrected chi connectivity index (χ2v) is 7.57. The highest BCUT2D eigenvalue weighted by atomic mass is 127. The Kier molecular flexibility index (Phi) is 8.64. The maximum Gasteiger partial charge on any atom is 0.434 e. The fraction of sp³-hybridized carbons (Fsp3) is 0.444. The number of halogens is 6. The van der Waals surface area contributed by atoms with Gasteiger partial charge in [-0.1, -0.05) is 0 Å². The second kappa shape index (κ2) is 10.6. The molecule has 0 saturated carbocycles. The maximum atomic E-state index is 13.4. The van der Waals surface area contributed by atoms with Crippen LogP contribution in [0, 0.1) is 17.6 Å². The minimum atomic E-state index is -4.45. The lowest BCUT2D eigenvalue weighted by atomic mass is 10.1. The lowest BCUT2D eigenvalue weighted by Crippen LogP contribution is -2.40. The molecule has 0 bridgehead atoms. The van der Waals surface area contributed by atoms with Crippen LogP contribution in [0.1, 0.15) is 17.1 Å². The topological polar surface area (TPSA) is 52.6 Å². The number of aliphatic imine (C=N–C) groups is 1. The van der Waals surface area contributed by atoms with Gasteiger partial charge in [0.2, 0.25) is 0 Å². The number of nitrogens with one attached hydrogen (secondary N) is 2. The number of anilines is 1. The molecule has 1 aliphatic heterocycles. The smallest absolute Gasteiger partial charge is 0.371 e. The van der Waals surface area contributed by atoms with Gasteiger partial charge < -0.3 is 15.5 Å². The molecule has 1 aromatic heterocycles. The number of nitrogens with zero attached hydrogens (tertiary/aromatic N) is 3. The van der Waals surface area contributed by atoms with Crippen molar-refractivity contribution < 1.29 is 22.0 Å². The summed E-state index contributed by atoms with van der Waals surface area (Å²) in [5, 5.41) is 7.39. The summed E-state index contributed by atoms with van der Waals surface area (Å²) in [5.41, 5.74) is -0.260. The van der Waals surface area contributed by atoms with E-state index in [0.29, 0.717) is 29.7 Å². The van der Waals surface area contributed by atoms with E-state index in [9.17, 15) is 22.0 Å². The molecule has 2 heterocycles. The van der Waals surface area contributed by atoms with E-state index in [0.717, 1.165) is 35.7 Å². The molecule has 0 spiro atoms. The number of hydrogen-bond acceptors (Lipinski definition) is 4. The van der Waals surface area contributed by atoms with Crippen LogP contribution in [0.4, 0.5) is 27.6 Å². The van der Waals surface area contributed by atoms with E-state index >= 15 is 0 Å². The maximum absolute atomic E-state index is 13.4. The summed E-state index contributed by atoms with van der Waals surface area (Å²) < 4.78 is 64.3. The van der Waals surface area contributed by atoms with Crippen molar-refractivity contribution in [3.8, 4) is 0 Å². The van der Waals surface area contributed by atoms with Gasteiger partial charge in [-0.15, -0.1) is 35.3 Å². The van der Waals surface area contributed by atoms with Crippen molar-refractivity contribution in [3.63, 3.8) is 0 Å². The number of hydrogen-bond donors (Lipinski definition) is 2. The van der Waals surface area contributed by atoms with Gasteiger partial charge in [0.15, 0.2) is 23.3 Å². The molecule has 1 aliphatic rings. The first kappa shape index (κ1) is 24.6. The van der Waals surface area contributed by atoms with Crippen LogP contribution in [0.3, 0.4) is 0 Å². The number of alkyl halides is 3. The summed E-state index contributed by atoms with van der Waals surface area (Å²) in [5.74, 6) is -1.02. The Labute approximate surface area is 191 Å². The Balaban J connectivity index is 0.00000320. The number of thiazole rings is 1. The Hall–Kier alpha value is -1.70. The van der Waals surface area contributed by atoms with Crippen LogP contribution in [0.5, 0.6) is 0 Å². The molecule has 2 N–H and O–H groups in total. The molecular formula is C18H21F5IN5S. The first-order valence-corrected chi connectivity index (χ1v) is 9.80. The molecule has 12 heteroatoms. The van der Waals surface area contributed by atoms with E-state index in [1.807, 2.05) is 4.90 Å². The Morgan fingerprint density at radius 1 is 1.27 bits per heavy atom. The van der Waals surface area contributed by atoms with Crippen molar-refractivity contribution >= 4 is 47.0 Å². The zero-order valence-electron chi connectivity index (χ0n) is 16.0. The molecular weight excluding hydrogens is 540 g/mol. The number of aromatic nitrogens is 1. The number of guanidine groups is 1. The van der Waals surface area contributed by atoms with Gasteiger partial charge in [-0.25, -0.2) is 13.8 Å². The fourth-order valence-electron chi connectivity index (χ4n) is 3.06. The van der Waals surface area contributed by atoms with Crippen LogP contribution in [-0.4, -0.2) is 37.6 Å². The van der Waals surface area contributed by atoms with Crippen LogP contribution in [0.2, 0.25) is 0 Å². The number of benzene rings is 1. The van der Waals surface area contributed by atoms with Crippen LogP contribution in [0.25, 0.3) is 0 Å². The second-order valence-electron chi connectivity index (χ2n) is 6.63. The normalized spacial score (nSPS) is 17.1. The molecule has 5 nitrogen and oxygen atoms in total. The lowest BCUT2D eigenvalue weighted by Gasteiger charge is -2.19. The first-order chi connectivity index (χ1) is 13.8. The molecule has 0 aliphatic carbocycles. The Bertz CT molecular complexity index is 873.